The number of fused-ring (bicyclic) bond motifs is 1. The molecule has 0 aliphatic heterocycles. The van der Waals surface area contributed by atoms with E-state index in [-0.39, 0.29) is 5.97 Å². The third-order valence-electron chi connectivity index (χ3n) is 3.12. The molecular formula is C16H13NO2. The fourth-order valence-corrected chi connectivity index (χ4v) is 2.14. The molecule has 2 heterocycles. The summed E-state index contributed by atoms with van der Waals surface area (Å²) in [6.45, 7) is 0. The van der Waals surface area contributed by atoms with Gasteiger partial charge in [-0.2, -0.15) is 0 Å². The minimum atomic E-state index is -0.322. The Morgan fingerprint density at radius 3 is 2.53 bits per heavy atom. The summed E-state index contributed by atoms with van der Waals surface area (Å²) in [6.07, 6.45) is 3.80. The van der Waals surface area contributed by atoms with Crippen LogP contribution in [0.3, 0.4) is 0 Å². The molecule has 3 aromatic rings. The lowest BCUT2D eigenvalue weighted by molar-refractivity contribution is 0.0600. The quantitative estimate of drug-likeness (QED) is 0.653. The van der Waals surface area contributed by atoms with E-state index in [4.69, 9.17) is 4.74 Å². The largest absolute Gasteiger partial charge is 0.465 e. The van der Waals surface area contributed by atoms with Crippen molar-refractivity contribution in [3.8, 4) is 11.1 Å². The van der Waals surface area contributed by atoms with E-state index in [1.165, 1.54) is 7.11 Å². The van der Waals surface area contributed by atoms with Gasteiger partial charge in [0.05, 0.1) is 12.7 Å². The second kappa shape index (κ2) is 4.61. The number of carbonyl (C=O) groups is 1. The van der Waals surface area contributed by atoms with E-state index in [1.807, 2.05) is 34.9 Å². The van der Waals surface area contributed by atoms with Gasteiger partial charge in [0.1, 0.15) is 0 Å². The number of ether oxygens (including phenoxy) is 1. The maximum Gasteiger partial charge on any atom is 0.339 e. The van der Waals surface area contributed by atoms with Gasteiger partial charge in [-0.3, -0.25) is 0 Å². The Bertz CT molecular complexity index is 729. The highest BCUT2D eigenvalue weighted by Crippen LogP contribution is 2.22. The molecule has 0 radical (unpaired) electrons. The van der Waals surface area contributed by atoms with Crippen LogP contribution in [-0.2, 0) is 4.74 Å². The van der Waals surface area contributed by atoms with Crippen molar-refractivity contribution in [1.29, 1.82) is 0 Å². The summed E-state index contributed by atoms with van der Waals surface area (Å²) < 4.78 is 6.66. The number of esters is 1. The number of hydrogen-bond acceptors (Lipinski definition) is 2. The number of hydrogen-bond donors (Lipinski definition) is 0. The lowest BCUT2D eigenvalue weighted by Crippen LogP contribution is -2.02. The molecule has 0 fully saturated rings. The molecule has 0 spiro atoms. The first-order valence-corrected chi connectivity index (χ1v) is 6.03. The zero-order valence-corrected chi connectivity index (χ0v) is 10.5. The van der Waals surface area contributed by atoms with Crippen LogP contribution in [0.5, 0.6) is 0 Å². The molecule has 0 saturated heterocycles. The average Bonchev–Trinajstić information content (AvgIpc) is 2.90. The Kier molecular flexibility index (Phi) is 2.80. The Labute approximate surface area is 111 Å². The van der Waals surface area contributed by atoms with Gasteiger partial charge >= 0.3 is 5.97 Å². The summed E-state index contributed by atoms with van der Waals surface area (Å²) in [5, 5.41) is 0. The maximum atomic E-state index is 11.5. The van der Waals surface area contributed by atoms with E-state index in [1.54, 1.807) is 12.3 Å². The molecule has 0 aliphatic rings. The summed E-state index contributed by atoms with van der Waals surface area (Å²) >= 11 is 0. The van der Waals surface area contributed by atoms with Crippen molar-refractivity contribution in [2.45, 2.75) is 0 Å². The number of carbonyl (C=O) groups excluding carboxylic acids is 1. The van der Waals surface area contributed by atoms with Gasteiger partial charge in [0.15, 0.2) is 0 Å². The molecule has 3 rings (SSSR count). The first-order chi connectivity index (χ1) is 9.28. The van der Waals surface area contributed by atoms with Crippen LogP contribution in [0.2, 0.25) is 0 Å². The van der Waals surface area contributed by atoms with Gasteiger partial charge in [0.2, 0.25) is 0 Å². The van der Waals surface area contributed by atoms with Gasteiger partial charge in [-0.1, -0.05) is 30.3 Å². The highest BCUT2D eigenvalue weighted by Gasteiger charge is 2.07. The molecule has 0 saturated carbocycles. The molecule has 94 valence electrons. The van der Waals surface area contributed by atoms with E-state index < -0.39 is 0 Å². The molecule has 0 N–H and O–H groups in total. The molecule has 2 aromatic heterocycles. The normalized spacial score (nSPS) is 10.6. The summed E-state index contributed by atoms with van der Waals surface area (Å²) in [5.74, 6) is -0.322. The van der Waals surface area contributed by atoms with Crippen LogP contribution >= 0.6 is 0 Å². The van der Waals surface area contributed by atoms with Gasteiger partial charge in [-0.15, -0.1) is 0 Å². The monoisotopic (exact) mass is 251 g/mol. The number of aromatic nitrogens is 1. The smallest absolute Gasteiger partial charge is 0.339 e. The minimum absolute atomic E-state index is 0.322. The zero-order valence-electron chi connectivity index (χ0n) is 10.5. The second-order valence-corrected chi connectivity index (χ2v) is 4.34. The SMILES string of the molecule is COC(=O)c1ccc2cc(-c3ccccc3)cn2c1. The van der Waals surface area contributed by atoms with E-state index in [0.717, 1.165) is 16.6 Å². The third-order valence-corrected chi connectivity index (χ3v) is 3.12. The van der Waals surface area contributed by atoms with Crippen molar-refractivity contribution in [3.05, 3.63) is 66.5 Å². The Morgan fingerprint density at radius 1 is 1.00 bits per heavy atom. The summed E-state index contributed by atoms with van der Waals surface area (Å²) in [4.78, 5) is 11.5. The van der Waals surface area contributed by atoms with Crippen LogP contribution < -0.4 is 0 Å². The van der Waals surface area contributed by atoms with Crippen molar-refractivity contribution in [2.24, 2.45) is 0 Å². The lowest BCUT2D eigenvalue weighted by atomic mass is 10.1. The van der Waals surface area contributed by atoms with E-state index in [9.17, 15) is 4.79 Å². The number of methoxy groups -OCH3 is 1. The fourth-order valence-electron chi connectivity index (χ4n) is 2.14. The Balaban J connectivity index is 2.09. The summed E-state index contributed by atoms with van der Waals surface area (Å²) in [7, 11) is 1.39. The first-order valence-electron chi connectivity index (χ1n) is 6.03. The molecule has 19 heavy (non-hydrogen) atoms. The summed E-state index contributed by atoms with van der Waals surface area (Å²) in [5.41, 5.74) is 3.88. The van der Waals surface area contributed by atoms with Crippen molar-refractivity contribution in [1.82, 2.24) is 4.40 Å². The average molecular weight is 251 g/mol. The third kappa shape index (κ3) is 2.10. The van der Waals surface area contributed by atoms with E-state index in [2.05, 4.69) is 18.2 Å². The molecule has 0 amide bonds. The summed E-state index contributed by atoms with van der Waals surface area (Å²) in [6, 6.07) is 15.9. The van der Waals surface area contributed by atoms with Crippen LogP contribution in [0.15, 0.2) is 60.9 Å². The number of rotatable bonds is 2. The van der Waals surface area contributed by atoms with Crippen LogP contribution in [0, 0.1) is 0 Å². The molecular weight excluding hydrogens is 238 g/mol. The number of pyridine rings is 1. The molecule has 0 unspecified atom stereocenters. The van der Waals surface area contributed by atoms with Crippen LogP contribution in [0.4, 0.5) is 0 Å². The van der Waals surface area contributed by atoms with Gasteiger partial charge in [0, 0.05) is 23.5 Å². The molecule has 3 heteroatoms. The molecule has 1 aromatic carbocycles. The van der Waals surface area contributed by atoms with Gasteiger partial charge < -0.3 is 9.14 Å². The van der Waals surface area contributed by atoms with Crippen LogP contribution in [0.1, 0.15) is 10.4 Å². The topological polar surface area (TPSA) is 30.7 Å². The highest BCUT2D eigenvalue weighted by atomic mass is 16.5. The standard InChI is InChI=1S/C16H13NO2/c1-19-16(18)13-7-8-15-9-14(11-17(15)10-13)12-5-3-2-4-6-12/h2-11H,1H3. The highest BCUT2D eigenvalue weighted by molar-refractivity contribution is 5.89. The van der Waals surface area contributed by atoms with Crippen molar-refractivity contribution >= 4 is 11.5 Å². The number of nitrogens with zero attached hydrogens (tertiary/aromatic N) is 1. The fraction of sp³-hybridized carbons (Fsp3) is 0.0625. The second-order valence-electron chi connectivity index (χ2n) is 4.34. The van der Waals surface area contributed by atoms with Crippen molar-refractivity contribution in [2.75, 3.05) is 7.11 Å². The Hall–Kier alpha value is -2.55. The van der Waals surface area contributed by atoms with Gasteiger partial charge in [0.25, 0.3) is 0 Å². The lowest BCUT2D eigenvalue weighted by Gasteiger charge is -2.00. The van der Waals surface area contributed by atoms with E-state index in [0.29, 0.717) is 5.56 Å². The van der Waals surface area contributed by atoms with Crippen molar-refractivity contribution < 1.29 is 9.53 Å². The molecule has 0 bridgehead atoms. The van der Waals surface area contributed by atoms with Crippen LogP contribution in [-0.4, -0.2) is 17.5 Å². The molecule has 3 nitrogen and oxygen atoms in total. The van der Waals surface area contributed by atoms with Gasteiger partial charge in [-0.05, 0) is 23.8 Å². The predicted molar refractivity (Wildman–Crippen MR) is 74.2 cm³/mol. The predicted octanol–water partition coefficient (Wildman–Crippen LogP) is 3.39. The zero-order chi connectivity index (χ0) is 13.2. The van der Waals surface area contributed by atoms with E-state index >= 15 is 0 Å². The first kappa shape index (κ1) is 11.5. The van der Waals surface area contributed by atoms with Crippen LogP contribution in [0.25, 0.3) is 16.6 Å². The molecule has 0 atom stereocenters. The Morgan fingerprint density at radius 2 is 1.79 bits per heavy atom. The number of benzene rings is 1. The van der Waals surface area contributed by atoms with Crippen molar-refractivity contribution in [3.63, 3.8) is 0 Å². The minimum Gasteiger partial charge on any atom is -0.465 e. The molecule has 0 aliphatic carbocycles. The van der Waals surface area contributed by atoms with Gasteiger partial charge in [-0.25, -0.2) is 4.79 Å². The maximum absolute atomic E-state index is 11.5.